The molecule has 8 heteroatoms. The Morgan fingerprint density at radius 1 is 1.32 bits per heavy atom. The van der Waals surface area contributed by atoms with E-state index in [2.05, 4.69) is 15.5 Å². The van der Waals surface area contributed by atoms with E-state index >= 15 is 0 Å². The Kier molecular flexibility index (Phi) is 5.27. The van der Waals surface area contributed by atoms with Crippen molar-refractivity contribution in [2.24, 2.45) is 11.7 Å². The summed E-state index contributed by atoms with van der Waals surface area (Å²) in [6.45, 7) is 1.41. The quantitative estimate of drug-likeness (QED) is 0.846. The number of carbonyl (C=O) groups is 2. The summed E-state index contributed by atoms with van der Waals surface area (Å²) in [7, 11) is 0. The highest BCUT2D eigenvalue weighted by molar-refractivity contribution is 5.80. The van der Waals surface area contributed by atoms with Gasteiger partial charge in [0.25, 0.3) is 5.89 Å². The van der Waals surface area contributed by atoms with E-state index in [1.54, 1.807) is 0 Å². The molecule has 0 bridgehead atoms. The number of hydrogen-bond acceptors (Lipinski definition) is 5. The van der Waals surface area contributed by atoms with E-state index in [0.717, 1.165) is 18.4 Å². The van der Waals surface area contributed by atoms with Gasteiger partial charge in [0, 0.05) is 31.6 Å². The monoisotopic (exact) mass is 343 g/mol. The Bertz CT molecular complexity index is 731. The van der Waals surface area contributed by atoms with Crippen molar-refractivity contribution in [1.82, 2.24) is 20.4 Å². The van der Waals surface area contributed by atoms with Gasteiger partial charge in [-0.1, -0.05) is 23.4 Å². The lowest BCUT2D eigenvalue weighted by Crippen LogP contribution is -2.47. The molecule has 0 spiro atoms. The third kappa shape index (κ3) is 4.34. The van der Waals surface area contributed by atoms with Crippen molar-refractivity contribution in [2.45, 2.75) is 19.3 Å². The molecule has 8 nitrogen and oxygen atoms in total. The number of piperidine rings is 1. The minimum absolute atomic E-state index is 0.0715. The average molecular weight is 343 g/mol. The third-order valence-electron chi connectivity index (χ3n) is 4.24. The van der Waals surface area contributed by atoms with E-state index < -0.39 is 6.03 Å². The lowest BCUT2D eigenvalue weighted by Gasteiger charge is -2.30. The number of primary amides is 1. The van der Waals surface area contributed by atoms with Gasteiger partial charge < -0.3 is 20.5 Å². The number of nitrogens with zero attached hydrogens (tertiary/aromatic N) is 3. The Labute approximate surface area is 145 Å². The fourth-order valence-corrected chi connectivity index (χ4v) is 2.89. The van der Waals surface area contributed by atoms with Crippen LogP contribution in [0.25, 0.3) is 11.5 Å². The Morgan fingerprint density at radius 3 is 2.88 bits per heavy atom. The summed E-state index contributed by atoms with van der Waals surface area (Å²) in [6.07, 6.45) is 2.02. The van der Waals surface area contributed by atoms with Crippen LogP contribution in [0.4, 0.5) is 4.79 Å². The highest BCUT2D eigenvalue weighted by Gasteiger charge is 2.27. The summed E-state index contributed by atoms with van der Waals surface area (Å²) in [6, 6.07) is 9.04. The Morgan fingerprint density at radius 2 is 2.12 bits per heavy atom. The lowest BCUT2D eigenvalue weighted by molar-refractivity contribution is -0.126. The van der Waals surface area contributed by atoms with Crippen molar-refractivity contribution in [1.29, 1.82) is 0 Å². The molecule has 0 aliphatic carbocycles. The zero-order valence-electron chi connectivity index (χ0n) is 13.9. The van der Waals surface area contributed by atoms with Crippen LogP contribution < -0.4 is 11.1 Å². The first-order valence-corrected chi connectivity index (χ1v) is 8.33. The van der Waals surface area contributed by atoms with Crippen LogP contribution in [0.5, 0.6) is 0 Å². The summed E-state index contributed by atoms with van der Waals surface area (Å²) in [5.41, 5.74) is 6.14. The largest absolute Gasteiger partial charge is 0.355 e. The number of nitrogens with one attached hydrogen (secondary N) is 1. The molecular formula is C17H21N5O3. The van der Waals surface area contributed by atoms with E-state index in [-0.39, 0.29) is 11.8 Å². The van der Waals surface area contributed by atoms with E-state index in [1.807, 2.05) is 30.3 Å². The van der Waals surface area contributed by atoms with Crippen molar-refractivity contribution in [3.8, 4) is 11.5 Å². The highest BCUT2D eigenvalue weighted by Crippen LogP contribution is 2.17. The number of hydrogen-bond donors (Lipinski definition) is 2. The topological polar surface area (TPSA) is 114 Å². The molecule has 3 rings (SSSR count). The third-order valence-corrected chi connectivity index (χ3v) is 4.24. The van der Waals surface area contributed by atoms with Gasteiger partial charge in [-0.2, -0.15) is 4.98 Å². The number of likely N-dealkylation sites (tertiary alicyclic amines) is 1. The van der Waals surface area contributed by atoms with Gasteiger partial charge in [-0.15, -0.1) is 0 Å². The summed E-state index contributed by atoms with van der Waals surface area (Å²) < 4.78 is 5.23. The van der Waals surface area contributed by atoms with Gasteiger partial charge in [-0.05, 0) is 25.0 Å². The number of urea groups is 1. The second-order valence-corrected chi connectivity index (χ2v) is 6.05. The smallest absolute Gasteiger partial charge is 0.314 e. The van der Waals surface area contributed by atoms with Gasteiger partial charge in [0.2, 0.25) is 5.91 Å². The normalized spacial score (nSPS) is 17.3. The van der Waals surface area contributed by atoms with Crippen LogP contribution in [0.15, 0.2) is 34.9 Å². The molecule has 1 aromatic heterocycles. The lowest BCUT2D eigenvalue weighted by atomic mass is 9.97. The molecule has 1 fully saturated rings. The number of rotatable bonds is 5. The molecule has 2 aromatic rings. The summed E-state index contributed by atoms with van der Waals surface area (Å²) in [4.78, 5) is 29.3. The second kappa shape index (κ2) is 7.78. The molecule has 132 valence electrons. The molecule has 1 unspecified atom stereocenters. The van der Waals surface area contributed by atoms with Gasteiger partial charge in [-0.3, -0.25) is 4.79 Å². The predicted octanol–water partition coefficient (Wildman–Crippen LogP) is 1.19. The number of carbonyl (C=O) groups excluding carboxylic acids is 2. The summed E-state index contributed by atoms with van der Waals surface area (Å²) in [5, 5.41) is 6.80. The first-order valence-electron chi connectivity index (χ1n) is 8.33. The van der Waals surface area contributed by atoms with Gasteiger partial charge in [0.05, 0.1) is 5.92 Å². The van der Waals surface area contributed by atoms with Gasteiger partial charge >= 0.3 is 6.03 Å². The van der Waals surface area contributed by atoms with Crippen molar-refractivity contribution >= 4 is 11.9 Å². The summed E-state index contributed by atoms with van der Waals surface area (Å²) >= 11 is 0. The predicted molar refractivity (Wildman–Crippen MR) is 90.3 cm³/mol. The zero-order chi connectivity index (χ0) is 17.6. The highest BCUT2D eigenvalue weighted by atomic mass is 16.5. The van der Waals surface area contributed by atoms with Crippen molar-refractivity contribution in [3.63, 3.8) is 0 Å². The number of nitrogens with two attached hydrogens (primary N) is 1. The van der Waals surface area contributed by atoms with Gasteiger partial charge in [-0.25, -0.2) is 4.79 Å². The minimum atomic E-state index is -0.474. The molecule has 0 saturated carbocycles. The first-order chi connectivity index (χ1) is 12.1. The number of benzene rings is 1. The van der Waals surface area contributed by atoms with Crippen LogP contribution in [-0.2, 0) is 11.2 Å². The first kappa shape index (κ1) is 16.9. The van der Waals surface area contributed by atoms with Crippen LogP contribution in [0.1, 0.15) is 18.7 Å². The standard InChI is InChI=1S/C17H21N5O3/c18-17(24)22-10-4-7-13(11-22)15(23)19-9-8-14-20-16(25-21-14)12-5-2-1-3-6-12/h1-3,5-6,13H,4,7-11H2,(H2,18,24)(H,19,23). The molecule has 1 atom stereocenters. The summed E-state index contributed by atoms with van der Waals surface area (Å²) in [5.74, 6) is 0.719. The minimum Gasteiger partial charge on any atom is -0.355 e. The van der Waals surface area contributed by atoms with E-state index in [9.17, 15) is 9.59 Å². The molecule has 25 heavy (non-hydrogen) atoms. The number of aromatic nitrogens is 2. The molecule has 1 saturated heterocycles. The van der Waals surface area contributed by atoms with Crippen molar-refractivity contribution < 1.29 is 14.1 Å². The molecular weight excluding hydrogens is 322 g/mol. The SMILES string of the molecule is NC(=O)N1CCCC(C(=O)NCCc2noc(-c3ccccc3)n2)C1. The molecule has 1 aliphatic rings. The van der Waals surface area contributed by atoms with Crippen molar-refractivity contribution in [2.75, 3.05) is 19.6 Å². The van der Waals surface area contributed by atoms with Gasteiger partial charge in [0.1, 0.15) is 0 Å². The van der Waals surface area contributed by atoms with Crippen LogP contribution in [0.3, 0.4) is 0 Å². The Hall–Kier alpha value is -2.90. The van der Waals surface area contributed by atoms with Crippen LogP contribution in [-0.4, -0.2) is 46.6 Å². The fourth-order valence-electron chi connectivity index (χ4n) is 2.89. The molecule has 3 amide bonds. The fraction of sp³-hybridized carbons (Fsp3) is 0.412. The Balaban J connectivity index is 1.47. The van der Waals surface area contributed by atoms with Crippen LogP contribution in [0, 0.1) is 5.92 Å². The van der Waals surface area contributed by atoms with Crippen molar-refractivity contribution in [3.05, 3.63) is 36.2 Å². The van der Waals surface area contributed by atoms with E-state index in [4.69, 9.17) is 10.3 Å². The van der Waals surface area contributed by atoms with E-state index in [1.165, 1.54) is 4.90 Å². The molecule has 2 heterocycles. The molecule has 1 aliphatic heterocycles. The van der Waals surface area contributed by atoms with Gasteiger partial charge in [0.15, 0.2) is 5.82 Å². The molecule has 1 aromatic carbocycles. The number of amides is 3. The van der Waals surface area contributed by atoms with Crippen LogP contribution in [0.2, 0.25) is 0 Å². The molecule has 0 radical (unpaired) electrons. The second-order valence-electron chi connectivity index (χ2n) is 6.05. The van der Waals surface area contributed by atoms with E-state index in [0.29, 0.717) is 37.8 Å². The molecule has 3 N–H and O–H groups in total. The maximum Gasteiger partial charge on any atom is 0.314 e. The average Bonchev–Trinajstić information content (AvgIpc) is 3.11. The maximum absolute atomic E-state index is 12.2. The zero-order valence-corrected chi connectivity index (χ0v) is 13.9. The maximum atomic E-state index is 12.2. The van der Waals surface area contributed by atoms with Crippen LogP contribution >= 0.6 is 0 Å².